The first-order valence-electron chi connectivity index (χ1n) is 9.66. The van der Waals surface area contributed by atoms with Crippen LogP contribution in [0.3, 0.4) is 0 Å². The van der Waals surface area contributed by atoms with Crippen LogP contribution in [-0.2, 0) is 4.79 Å². The predicted octanol–water partition coefficient (Wildman–Crippen LogP) is 4.41. The fourth-order valence-electron chi connectivity index (χ4n) is 3.26. The van der Waals surface area contributed by atoms with Crippen LogP contribution in [0.2, 0.25) is 0 Å². The van der Waals surface area contributed by atoms with E-state index in [0.29, 0.717) is 11.7 Å². The molecule has 0 fully saturated rings. The van der Waals surface area contributed by atoms with E-state index in [1.807, 2.05) is 62.4 Å². The number of benzene rings is 2. The van der Waals surface area contributed by atoms with Crippen molar-refractivity contribution < 1.29 is 4.79 Å². The summed E-state index contributed by atoms with van der Waals surface area (Å²) in [6.45, 7) is 8.50. The molecule has 0 radical (unpaired) electrons. The summed E-state index contributed by atoms with van der Waals surface area (Å²) in [5.41, 5.74) is 4.15. The first-order chi connectivity index (χ1) is 13.4. The maximum absolute atomic E-state index is 12.6. The molecule has 28 heavy (non-hydrogen) atoms. The number of carbonyl (C=O) groups is 1. The van der Waals surface area contributed by atoms with Crippen molar-refractivity contribution in [1.82, 2.24) is 15.1 Å². The van der Waals surface area contributed by atoms with Gasteiger partial charge in [0.2, 0.25) is 5.91 Å². The molecule has 0 aliphatic carbocycles. The first-order valence-corrected chi connectivity index (χ1v) is 9.66. The lowest BCUT2D eigenvalue weighted by molar-refractivity contribution is -0.115. The Bertz CT molecular complexity index is 914. The number of amides is 1. The molecule has 1 heterocycles. The summed E-state index contributed by atoms with van der Waals surface area (Å²) >= 11 is 0. The van der Waals surface area contributed by atoms with Crippen LogP contribution in [0.1, 0.15) is 36.7 Å². The minimum Gasteiger partial charge on any atom is -0.309 e. The fourth-order valence-corrected chi connectivity index (χ4v) is 3.26. The molecular formula is C23H28N4O. The number of hydrogen-bond donors (Lipinski definition) is 2. The summed E-state index contributed by atoms with van der Waals surface area (Å²) in [5, 5.41) is 10.9. The lowest BCUT2D eigenvalue weighted by Gasteiger charge is -2.22. The summed E-state index contributed by atoms with van der Waals surface area (Å²) in [4.78, 5) is 12.6. The van der Waals surface area contributed by atoms with Crippen molar-refractivity contribution in [2.45, 2.75) is 33.7 Å². The SMILES string of the molecule is Cc1ccc(-n2nc(C)cc2NC(=O)CN[C@@H](c2ccccc2)C(C)C)cc1. The van der Waals surface area contributed by atoms with E-state index < -0.39 is 0 Å². The Morgan fingerprint density at radius 1 is 1.04 bits per heavy atom. The van der Waals surface area contributed by atoms with Crippen molar-refractivity contribution in [1.29, 1.82) is 0 Å². The highest BCUT2D eigenvalue weighted by Gasteiger charge is 2.17. The van der Waals surface area contributed by atoms with Crippen molar-refractivity contribution in [3.8, 4) is 5.69 Å². The van der Waals surface area contributed by atoms with Gasteiger partial charge in [-0.25, -0.2) is 4.68 Å². The van der Waals surface area contributed by atoms with Crippen LogP contribution >= 0.6 is 0 Å². The van der Waals surface area contributed by atoms with E-state index in [1.165, 1.54) is 11.1 Å². The number of nitrogens with zero attached hydrogens (tertiary/aromatic N) is 2. The Balaban J connectivity index is 1.69. The van der Waals surface area contributed by atoms with Crippen LogP contribution in [0.5, 0.6) is 0 Å². The van der Waals surface area contributed by atoms with Crippen LogP contribution < -0.4 is 10.6 Å². The fraction of sp³-hybridized carbons (Fsp3) is 0.304. The monoisotopic (exact) mass is 376 g/mol. The molecule has 5 nitrogen and oxygen atoms in total. The number of anilines is 1. The lowest BCUT2D eigenvalue weighted by atomic mass is 9.96. The molecule has 0 spiro atoms. The van der Waals surface area contributed by atoms with Gasteiger partial charge in [-0.1, -0.05) is 61.9 Å². The average molecular weight is 377 g/mol. The van der Waals surface area contributed by atoms with Crippen molar-refractivity contribution >= 4 is 11.7 Å². The van der Waals surface area contributed by atoms with Gasteiger partial charge in [-0.2, -0.15) is 5.10 Å². The van der Waals surface area contributed by atoms with E-state index in [2.05, 4.69) is 41.7 Å². The van der Waals surface area contributed by atoms with E-state index in [0.717, 1.165) is 11.4 Å². The maximum atomic E-state index is 12.6. The van der Waals surface area contributed by atoms with Gasteiger partial charge in [-0.15, -0.1) is 0 Å². The predicted molar refractivity (Wildman–Crippen MR) is 114 cm³/mol. The van der Waals surface area contributed by atoms with E-state index >= 15 is 0 Å². The maximum Gasteiger partial charge on any atom is 0.239 e. The van der Waals surface area contributed by atoms with Crippen molar-refractivity contribution in [3.05, 3.63) is 77.5 Å². The van der Waals surface area contributed by atoms with Gasteiger partial charge in [-0.05, 0) is 37.5 Å². The van der Waals surface area contributed by atoms with Crippen LogP contribution in [0.15, 0.2) is 60.7 Å². The second-order valence-electron chi connectivity index (χ2n) is 7.48. The van der Waals surface area contributed by atoms with Crippen molar-refractivity contribution in [3.63, 3.8) is 0 Å². The third kappa shape index (κ3) is 4.87. The van der Waals surface area contributed by atoms with Gasteiger partial charge in [0.05, 0.1) is 17.9 Å². The van der Waals surface area contributed by atoms with Gasteiger partial charge >= 0.3 is 0 Å². The van der Waals surface area contributed by atoms with Crippen LogP contribution in [0, 0.1) is 19.8 Å². The van der Waals surface area contributed by atoms with E-state index in [1.54, 1.807) is 4.68 Å². The third-order valence-electron chi connectivity index (χ3n) is 4.69. The highest BCUT2D eigenvalue weighted by atomic mass is 16.2. The highest BCUT2D eigenvalue weighted by Crippen LogP contribution is 2.21. The Morgan fingerprint density at radius 3 is 2.36 bits per heavy atom. The van der Waals surface area contributed by atoms with Crippen LogP contribution in [0.25, 0.3) is 5.69 Å². The zero-order valence-electron chi connectivity index (χ0n) is 16.9. The molecule has 1 amide bonds. The van der Waals surface area contributed by atoms with Gasteiger partial charge < -0.3 is 10.6 Å². The van der Waals surface area contributed by atoms with E-state index in [-0.39, 0.29) is 18.5 Å². The lowest BCUT2D eigenvalue weighted by Crippen LogP contribution is -2.34. The molecule has 0 saturated carbocycles. The Hall–Kier alpha value is -2.92. The zero-order chi connectivity index (χ0) is 20.1. The molecule has 1 aromatic heterocycles. The summed E-state index contributed by atoms with van der Waals surface area (Å²) < 4.78 is 1.77. The van der Waals surface area contributed by atoms with E-state index in [9.17, 15) is 4.79 Å². The molecule has 146 valence electrons. The molecule has 0 bridgehead atoms. The molecular weight excluding hydrogens is 348 g/mol. The van der Waals surface area contributed by atoms with Gasteiger partial charge in [0.1, 0.15) is 5.82 Å². The molecule has 0 unspecified atom stereocenters. The standard InChI is InChI=1S/C23H28N4O/c1-16(2)23(19-8-6-5-7-9-19)24-15-22(28)25-21-14-18(4)26-27(21)20-12-10-17(3)11-13-20/h5-14,16,23-24H,15H2,1-4H3,(H,25,28)/t23-/m1/s1. The molecule has 5 heteroatoms. The van der Waals surface area contributed by atoms with Crippen molar-refractivity contribution in [2.24, 2.45) is 5.92 Å². The van der Waals surface area contributed by atoms with Crippen molar-refractivity contribution in [2.75, 3.05) is 11.9 Å². The molecule has 1 atom stereocenters. The number of carbonyl (C=O) groups excluding carboxylic acids is 1. The largest absolute Gasteiger partial charge is 0.309 e. The molecule has 0 aliphatic heterocycles. The first kappa shape index (κ1) is 19.8. The normalized spacial score (nSPS) is 12.2. The highest BCUT2D eigenvalue weighted by molar-refractivity contribution is 5.91. The second-order valence-corrected chi connectivity index (χ2v) is 7.48. The quantitative estimate of drug-likeness (QED) is 0.642. The molecule has 3 rings (SSSR count). The minimum absolute atomic E-state index is 0.0881. The summed E-state index contributed by atoms with van der Waals surface area (Å²) in [6, 6.07) is 20.3. The number of nitrogens with one attached hydrogen (secondary N) is 2. The topological polar surface area (TPSA) is 59.0 Å². The third-order valence-corrected chi connectivity index (χ3v) is 4.69. The Labute approximate surface area is 166 Å². The molecule has 0 aliphatic rings. The molecule has 2 aromatic carbocycles. The summed E-state index contributed by atoms with van der Waals surface area (Å²) in [7, 11) is 0. The smallest absolute Gasteiger partial charge is 0.239 e. The van der Waals surface area contributed by atoms with Gasteiger partial charge in [0.15, 0.2) is 0 Å². The summed E-state index contributed by atoms with van der Waals surface area (Å²) in [6.07, 6.45) is 0. The average Bonchev–Trinajstić information content (AvgIpc) is 3.03. The Morgan fingerprint density at radius 2 is 1.71 bits per heavy atom. The van der Waals surface area contributed by atoms with Gasteiger partial charge in [0, 0.05) is 12.1 Å². The van der Waals surface area contributed by atoms with Crippen LogP contribution in [0.4, 0.5) is 5.82 Å². The Kier molecular flexibility index (Phi) is 6.26. The van der Waals surface area contributed by atoms with E-state index in [4.69, 9.17) is 0 Å². The van der Waals surface area contributed by atoms with Crippen LogP contribution in [-0.4, -0.2) is 22.2 Å². The second kappa shape index (κ2) is 8.85. The molecule has 3 aromatic rings. The molecule has 0 saturated heterocycles. The van der Waals surface area contributed by atoms with Gasteiger partial charge in [0.25, 0.3) is 0 Å². The number of aryl methyl sites for hydroxylation is 2. The minimum atomic E-state index is -0.0881. The van der Waals surface area contributed by atoms with Gasteiger partial charge in [-0.3, -0.25) is 4.79 Å². The number of aromatic nitrogens is 2. The number of hydrogen-bond acceptors (Lipinski definition) is 3. The summed E-state index contributed by atoms with van der Waals surface area (Å²) in [5.74, 6) is 0.958. The molecule has 2 N–H and O–H groups in total. The zero-order valence-corrected chi connectivity index (χ0v) is 16.9. The number of rotatable bonds is 7.